The van der Waals surface area contributed by atoms with Crippen LogP contribution >= 0.6 is 34.8 Å². The monoisotopic (exact) mass is 553 g/mol. The van der Waals surface area contributed by atoms with E-state index < -0.39 is 28.3 Å². The minimum absolute atomic E-state index is 0.719. The number of carbonyl (C=O) groups is 1. The van der Waals surface area contributed by atoms with Gasteiger partial charge in [0.2, 0.25) is 0 Å². The first-order chi connectivity index (χ1) is 13.7. The van der Waals surface area contributed by atoms with Gasteiger partial charge in [0.15, 0.2) is 0 Å². The molecule has 0 aliphatic heterocycles. The molecule has 3 aromatic rings. The van der Waals surface area contributed by atoms with Crippen LogP contribution < -0.4 is 10.5 Å². The van der Waals surface area contributed by atoms with Crippen LogP contribution in [-0.4, -0.2) is 28.3 Å². The molecule has 0 saturated heterocycles. The van der Waals surface area contributed by atoms with Crippen molar-refractivity contribution < 1.29 is 4.79 Å². The second-order valence-corrected chi connectivity index (χ2v) is 17.5. The summed E-state index contributed by atoms with van der Waals surface area (Å²) in [6.45, 7) is 6.14. The molecule has 3 rings (SSSR count). The molecule has 0 heterocycles. The molecule has 0 bridgehead atoms. The molecule has 0 saturated carbocycles. The van der Waals surface area contributed by atoms with Crippen molar-refractivity contribution in [2.45, 2.75) is 24.6 Å². The molecule has 29 heavy (non-hydrogen) atoms. The molecule has 0 aliphatic rings. The second-order valence-electron chi connectivity index (χ2n) is 6.90. The van der Waals surface area contributed by atoms with Crippen molar-refractivity contribution >= 4 is 69.9 Å². The molecule has 3 aromatic carbocycles. The Kier molecular flexibility index (Phi) is 6.91. The van der Waals surface area contributed by atoms with Crippen LogP contribution in [0.25, 0.3) is 0 Å². The summed E-state index contributed by atoms with van der Waals surface area (Å²) in [5.41, 5.74) is 3.22. The van der Waals surface area contributed by atoms with Crippen LogP contribution in [0.4, 0.5) is 0 Å². The van der Waals surface area contributed by atoms with Crippen molar-refractivity contribution in [3.05, 3.63) is 89.5 Å². The van der Waals surface area contributed by atoms with E-state index in [9.17, 15) is 4.79 Å². The third-order valence-corrected chi connectivity index (χ3v) is 17.0. The third-order valence-electron chi connectivity index (χ3n) is 4.88. The van der Waals surface area contributed by atoms with E-state index in [2.05, 4.69) is 18.2 Å². The van der Waals surface area contributed by atoms with Crippen molar-refractivity contribution in [3.63, 3.8) is 0 Å². The summed E-state index contributed by atoms with van der Waals surface area (Å²) >= 11 is 13.9. The Labute approximate surface area is 190 Å². The maximum atomic E-state index is 13.0. The molecule has 0 radical (unpaired) electrons. The Morgan fingerprint density at radius 3 is 1.28 bits per heavy atom. The molecule has 2 nitrogen and oxygen atoms in total. The van der Waals surface area contributed by atoms with Crippen molar-refractivity contribution in [2.24, 2.45) is 3.09 Å². The Hall–Kier alpha value is -1.18. The topological polar surface area (TPSA) is 29.4 Å². The van der Waals surface area contributed by atoms with Crippen molar-refractivity contribution in [2.75, 3.05) is 0 Å². The van der Waals surface area contributed by atoms with Crippen molar-refractivity contribution in [3.8, 4) is 0 Å². The van der Waals surface area contributed by atoms with E-state index in [1.54, 1.807) is 0 Å². The number of hydrogen-bond acceptors (Lipinski definition) is 1. The molecule has 0 spiro atoms. The molecule has 1 amide bonds. The van der Waals surface area contributed by atoms with Crippen LogP contribution in [0.5, 0.6) is 0 Å². The van der Waals surface area contributed by atoms with Crippen molar-refractivity contribution in [1.29, 1.82) is 0 Å². The van der Waals surface area contributed by atoms with Gasteiger partial charge in [-0.25, -0.2) is 0 Å². The minimum atomic E-state index is -4.11. The summed E-state index contributed by atoms with van der Waals surface area (Å²) in [5, 5.41) is 0. The number of rotatable bonds is 3. The summed E-state index contributed by atoms with van der Waals surface area (Å²) in [6, 6.07) is 24.2. The van der Waals surface area contributed by atoms with E-state index in [4.69, 9.17) is 37.9 Å². The van der Waals surface area contributed by atoms with Crippen molar-refractivity contribution in [1.82, 2.24) is 0 Å². The average molecular weight is 556 g/mol. The van der Waals surface area contributed by atoms with Crippen LogP contribution in [0.15, 0.2) is 75.9 Å². The summed E-state index contributed by atoms with van der Waals surface area (Å²) in [5.74, 6) is -0.719. The first-order valence-electron chi connectivity index (χ1n) is 9.10. The van der Waals surface area contributed by atoms with Gasteiger partial charge in [0, 0.05) is 0 Å². The molecule has 0 unspecified atom stereocenters. The summed E-state index contributed by atoms with van der Waals surface area (Å²) < 4.78 is 5.93. The summed E-state index contributed by atoms with van der Waals surface area (Å²) in [7, 11) is 0. The van der Waals surface area contributed by atoms with Gasteiger partial charge in [-0.05, 0) is 0 Å². The Balaban J connectivity index is 2.60. The van der Waals surface area contributed by atoms with Crippen LogP contribution in [0.3, 0.4) is 0 Å². The van der Waals surface area contributed by atoms with Crippen LogP contribution in [-0.2, 0) is 4.79 Å². The maximum absolute atomic E-state index is 13.0. The van der Waals surface area contributed by atoms with Gasteiger partial charge in [0.05, 0.1) is 0 Å². The molecule has 0 aromatic heterocycles. The first kappa shape index (κ1) is 22.5. The van der Waals surface area contributed by atoms with Gasteiger partial charge >= 0.3 is 192 Å². The number of carbonyl (C=O) groups excluding carboxylic acids is 1. The molecule has 0 fully saturated rings. The predicted molar refractivity (Wildman–Crippen MR) is 126 cm³/mol. The van der Waals surface area contributed by atoms with Crippen LogP contribution in [0.2, 0.25) is 0 Å². The molecular formula is C23H21Cl3NOSb. The fourth-order valence-electron chi connectivity index (χ4n) is 3.52. The van der Waals surface area contributed by atoms with Gasteiger partial charge in [-0.1, -0.05) is 0 Å². The van der Waals surface area contributed by atoms with Gasteiger partial charge in [0.25, 0.3) is 0 Å². The summed E-state index contributed by atoms with van der Waals surface area (Å²) in [4.78, 5) is 13.0. The predicted octanol–water partition coefficient (Wildman–Crippen LogP) is 4.74. The second kappa shape index (κ2) is 8.90. The van der Waals surface area contributed by atoms with E-state index in [1.165, 1.54) is 0 Å². The number of nitrogens with zero attached hydrogens (tertiary/aromatic N) is 1. The van der Waals surface area contributed by atoms with E-state index in [0.717, 1.165) is 27.2 Å². The zero-order valence-corrected chi connectivity index (χ0v) is 21.2. The normalized spacial score (nSPS) is 11.9. The van der Waals surface area contributed by atoms with Gasteiger partial charge < -0.3 is 0 Å². The van der Waals surface area contributed by atoms with E-state index in [1.807, 2.05) is 75.4 Å². The first-order valence-corrected chi connectivity index (χ1v) is 15.2. The number of hydrogen-bond donors (Lipinski definition) is 0. The van der Waals surface area contributed by atoms with Gasteiger partial charge in [-0.3, -0.25) is 0 Å². The Morgan fingerprint density at radius 1 is 0.690 bits per heavy atom. The zero-order valence-electron chi connectivity index (χ0n) is 16.4. The molecule has 6 heteroatoms. The number of benzene rings is 3. The number of amides is 1. The van der Waals surface area contributed by atoms with Gasteiger partial charge in [-0.2, -0.15) is 0 Å². The quantitative estimate of drug-likeness (QED) is 0.339. The van der Waals surface area contributed by atoms with E-state index in [-0.39, 0.29) is 0 Å². The summed E-state index contributed by atoms with van der Waals surface area (Å²) in [6.07, 6.45) is 0. The SMILES string of the molecule is Cc1cccc[c]1[Sb](=[N]C(=O)C(Cl)(Cl)Cl)([c]1ccccc1C)[c]1ccccc1C. The zero-order chi connectivity index (χ0) is 21.2. The Bertz CT molecular complexity index is 1000. The van der Waals surface area contributed by atoms with Crippen LogP contribution in [0, 0.1) is 20.8 Å². The standard InChI is InChI=1S/3C7H7.C2Cl3NO.Sb/c3*1-7-5-3-2-4-6-7;3-2(4,5)1(6)7;/h3*2-5H,1H3;;. The number of alkyl halides is 3. The fourth-order valence-corrected chi connectivity index (χ4v) is 16.1. The van der Waals surface area contributed by atoms with E-state index >= 15 is 0 Å². The third kappa shape index (κ3) is 4.47. The van der Waals surface area contributed by atoms with Crippen LogP contribution in [0.1, 0.15) is 16.7 Å². The average Bonchev–Trinajstić information content (AvgIpc) is 2.67. The molecular weight excluding hydrogens is 534 g/mol. The molecule has 0 N–H and O–H groups in total. The molecule has 0 atom stereocenters. The van der Waals surface area contributed by atoms with Gasteiger partial charge in [-0.15, -0.1) is 0 Å². The number of halogens is 3. The van der Waals surface area contributed by atoms with Gasteiger partial charge in [0.1, 0.15) is 0 Å². The Morgan fingerprint density at radius 2 is 1.00 bits per heavy atom. The number of aryl methyl sites for hydroxylation is 3. The molecule has 0 aliphatic carbocycles. The molecule has 150 valence electrons. The fraction of sp³-hybridized carbons (Fsp3) is 0.174. The van der Waals surface area contributed by atoms with E-state index in [0.29, 0.717) is 0 Å².